The third-order valence-corrected chi connectivity index (χ3v) is 4.16. The summed E-state index contributed by atoms with van der Waals surface area (Å²) in [6.07, 6.45) is 5.63. The number of aryl methyl sites for hydroxylation is 2. The molecule has 0 saturated carbocycles. The molecule has 2 N–H and O–H groups in total. The second-order valence-corrected chi connectivity index (χ2v) is 6.62. The lowest BCUT2D eigenvalue weighted by Crippen LogP contribution is -2.27. The first-order chi connectivity index (χ1) is 12.0. The van der Waals surface area contributed by atoms with Crippen LogP contribution in [0.3, 0.4) is 0 Å². The van der Waals surface area contributed by atoms with Gasteiger partial charge in [-0.05, 0) is 36.8 Å². The summed E-state index contributed by atoms with van der Waals surface area (Å²) in [5, 5.41) is 16.2. The fraction of sp³-hybridized carbons (Fsp3) is 0.235. The quantitative estimate of drug-likeness (QED) is 0.672. The molecule has 0 aliphatic rings. The summed E-state index contributed by atoms with van der Waals surface area (Å²) in [5.41, 5.74) is 4.03. The minimum atomic E-state index is 0.547. The topological polar surface area (TPSA) is 59.7 Å². The normalized spacial score (nSPS) is 10.7. The van der Waals surface area contributed by atoms with Crippen LogP contribution in [0.25, 0.3) is 0 Å². The summed E-state index contributed by atoms with van der Waals surface area (Å²) in [4.78, 5) is 0. The third-order valence-electron chi connectivity index (χ3n) is 3.68. The Morgan fingerprint density at radius 3 is 2.88 bits per heavy atom. The molecule has 6 nitrogen and oxygen atoms in total. The van der Waals surface area contributed by atoms with Crippen molar-refractivity contribution >= 4 is 34.6 Å². The summed E-state index contributed by atoms with van der Waals surface area (Å²) < 4.78 is 3.63. The highest BCUT2D eigenvalue weighted by atomic mass is 35.5. The highest BCUT2D eigenvalue weighted by molar-refractivity contribution is 7.80. The van der Waals surface area contributed by atoms with Crippen LogP contribution in [-0.4, -0.2) is 24.7 Å². The smallest absolute Gasteiger partial charge is 0.171 e. The molecule has 0 unspecified atom stereocenters. The minimum Gasteiger partial charge on any atom is -0.358 e. The Bertz CT molecular complexity index is 885. The molecule has 0 atom stereocenters. The molecule has 0 bridgehead atoms. The summed E-state index contributed by atoms with van der Waals surface area (Å²) in [6.45, 7) is 3.26. The lowest BCUT2D eigenvalue weighted by molar-refractivity contribution is 0.687. The Morgan fingerprint density at radius 1 is 1.32 bits per heavy atom. The molecule has 1 aromatic carbocycles. The van der Waals surface area contributed by atoms with Crippen molar-refractivity contribution < 1.29 is 0 Å². The van der Waals surface area contributed by atoms with E-state index < -0.39 is 0 Å². The Balaban J connectivity index is 1.54. The van der Waals surface area contributed by atoms with Crippen molar-refractivity contribution in [1.82, 2.24) is 24.9 Å². The molecule has 3 rings (SSSR count). The van der Waals surface area contributed by atoms with Gasteiger partial charge < -0.3 is 10.6 Å². The van der Waals surface area contributed by atoms with Gasteiger partial charge in [0.25, 0.3) is 0 Å². The summed E-state index contributed by atoms with van der Waals surface area (Å²) in [6, 6.07) is 7.73. The third kappa shape index (κ3) is 4.80. The monoisotopic (exact) mass is 374 g/mol. The van der Waals surface area contributed by atoms with Crippen LogP contribution in [0.1, 0.15) is 16.8 Å². The van der Waals surface area contributed by atoms with Gasteiger partial charge in [-0.15, -0.1) is 0 Å². The number of hydrogen-bond acceptors (Lipinski definition) is 3. The van der Waals surface area contributed by atoms with E-state index in [2.05, 4.69) is 20.8 Å². The molecule has 8 heteroatoms. The largest absolute Gasteiger partial charge is 0.358 e. The maximum absolute atomic E-state index is 6.01. The zero-order chi connectivity index (χ0) is 17.8. The minimum absolute atomic E-state index is 0.547. The Kier molecular flexibility index (Phi) is 5.35. The summed E-state index contributed by atoms with van der Waals surface area (Å²) in [7, 11) is 1.90. The highest BCUT2D eigenvalue weighted by Gasteiger charge is 2.05. The van der Waals surface area contributed by atoms with Crippen molar-refractivity contribution in [1.29, 1.82) is 0 Å². The Hall–Kier alpha value is -2.38. The second kappa shape index (κ2) is 7.67. The fourth-order valence-corrected chi connectivity index (χ4v) is 2.91. The van der Waals surface area contributed by atoms with Crippen molar-refractivity contribution in [2.75, 3.05) is 5.32 Å². The molecule has 0 saturated heterocycles. The van der Waals surface area contributed by atoms with E-state index in [-0.39, 0.29) is 0 Å². The van der Waals surface area contributed by atoms with Gasteiger partial charge in [0.15, 0.2) is 5.11 Å². The first-order valence-electron chi connectivity index (χ1n) is 7.80. The molecule has 130 valence electrons. The van der Waals surface area contributed by atoms with E-state index in [1.807, 2.05) is 55.3 Å². The molecule has 3 aromatic rings. The van der Waals surface area contributed by atoms with Crippen molar-refractivity contribution in [2.24, 2.45) is 7.05 Å². The van der Waals surface area contributed by atoms with Crippen molar-refractivity contribution in [3.05, 3.63) is 64.7 Å². The summed E-state index contributed by atoms with van der Waals surface area (Å²) in [5.74, 6) is 0. The molecular weight excluding hydrogens is 356 g/mol. The number of nitrogens with zero attached hydrogens (tertiary/aromatic N) is 4. The molecular formula is C17H19ClN6S. The molecule has 0 amide bonds. The molecule has 25 heavy (non-hydrogen) atoms. The van der Waals surface area contributed by atoms with E-state index in [0.717, 1.165) is 27.5 Å². The number of anilines is 1. The van der Waals surface area contributed by atoms with Gasteiger partial charge in [0.2, 0.25) is 0 Å². The number of halogens is 1. The van der Waals surface area contributed by atoms with E-state index in [1.165, 1.54) is 0 Å². The van der Waals surface area contributed by atoms with Crippen LogP contribution in [-0.2, 0) is 20.1 Å². The molecule has 2 aromatic heterocycles. The van der Waals surface area contributed by atoms with Crippen LogP contribution in [0.5, 0.6) is 0 Å². The molecule has 0 aliphatic carbocycles. The number of hydrogen-bond donors (Lipinski definition) is 2. The lowest BCUT2D eigenvalue weighted by Gasteiger charge is -2.08. The number of thiocarbonyl (C=S) groups is 1. The zero-order valence-corrected chi connectivity index (χ0v) is 15.6. The average molecular weight is 375 g/mol. The first kappa shape index (κ1) is 17.4. The van der Waals surface area contributed by atoms with Gasteiger partial charge in [0.1, 0.15) is 0 Å². The van der Waals surface area contributed by atoms with E-state index in [0.29, 0.717) is 18.2 Å². The van der Waals surface area contributed by atoms with E-state index in [1.54, 1.807) is 10.9 Å². The summed E-state index contributed by atoms with van der Waals surface area (Å²) >= 11 is 11.3. The van der Waals surface area contributed by atoms with Gasteiger partial charge in [0, 0.05) is 36.6 Å². The lowest BCUT2D eigenvalue weighted by atomic mass is 10.2. The van der Waals surface area contributed by atoms with Crippen LogP contribution < -0.4 is 10.6 Å². The predicted octanol–water partition coefficient (Wildman–Crippen LogP) is 3.11. The number of benzene rings is 1. The second-order valence-electron chi connectivity index (χ2n) is 5.78. The average Bonchev–Trinajstić information content (AvgIpc) is 3.11. The first-order valence-corrected chi connectivity index (χ1v) is 8.59. The number of rotatable bonds is 5. The van der Waals surface area contributed by atoms with Crippen LogP contribution in [0.15, 0.2) is 42.9 Å². The van der Waals surface area contributed by atoms with E-state index >= 15 is 0 Å². The molecule has 0 fully saturated rings. The van der Waals surface area contributed by atoms with Gasteiger partial charge in [-0.25, -0.2) is 0 Å². The van der Waals surface area contributed by atoms with Crippen molar-refractivity contribution in [3.8, 4) is 0 Å². The number of aromatic nitrogens is 4. The van der Waals surface area contributed by atoms with Crippen LogP contribution in [0, 0.1) is 6.92 Å². The Morgan fingerprint density at radius 2 is 2.16 bits per heavy atom. The van der Waals surface area contributed by atoms with Crippen LogP contribution >= 0.6 is 23.8 Å². The SMILES string of the molecule is Cc1nn(C)cc1CNC(=S)Nc1cnn(Cc2cccc(Cl)c2)c1. The fourth-order valence-electron chi connectivity index (χ4n) is 2.51. The van der Waals surface area contributed by atoms with Gasteiger partial charge in [-0.2, -0.15) is 10.2 Å². The van der Waals surface area contributed by atoms with Crippen molar-refractivity contribution in [3.63, 3.8) is 0 Å². The predicted molar refractivity (Wildman–Crippen MR) is 104 cm³/mol. The molecule has 0 radical (unpaired) electrons. The van der Waals surface area contributed by atoms with Crippen LogP contribution in [0.4, 0.5) is 5.69 Å². The van der Waals surface area contributed by atoms with E-state index in [9.17, 15) is 0 Å². The molecule has 2 heterocycles. The van der Waals surface area contributed by atoms with E-state index in [4.69, 9.17) is 23.8 Å². The maximum Gasteiger partial charge on any atom is 0.171 e. The Labute approximate surface area is 156 Å². The molecule has 0 aliphatic heterocycles. The van der Waals surface area contributed by atoms with Gasteiger partial charge >= 0.3 is 0 Å². The van der Waals surface area contributed by atoms with Crippen LogP contribution in [0.2, 0.25) is 5.02 Å². The van der Waals surface area contributed by atoms with Gasteiger partial charge in [0.05, 0.1) is 24.1 Å². The van der Waals surface area contributed by atoms with Gasteiger partial charge in [-0.3, -0.25) is 9.36 Å². The van der Waals surface area contributed by atoms with Gasteiger partial charge in [-0.1, -0.05) is 23.7 Å². The number of nitrogens with one attached hydrogen (secondary N) is 2. The standard InChI is InChI=1S/C17H19ClN6S/c1-12-14(10-23(2)22-12)7-19-17(25)21-16-8-20-24(11-16)9-13-4-3-5-15(18)6-13/h3-6,8,10-11H,7,9H2,1-2H3,(H2,19,21,25). The maximum atomic E-state index is 6.01. The zero-order valence-electron chi connectivity index (χ0n) is 14.0. The highest BCUT2D eigenvalue weighted by Crippen LogP contribution is 2.13. The molecule has 0 spiro atoms. The van der Waals surface area contributed by atoms with Crippen molar-refractivity contribution in [2.45, 2.75) is 20.0 Å².